The molecule has 3 aliphatic carbocycles. The van der Waals surface area contributed by atoms with E-state index in [4.69, 9.17) is 8.83 Å². The Morgan fingerprint density at radius 1 is 0.380 bits per heavy atom. The van der Waals surface area contributed by atoms with Crippen molar-refractivity contribution in [3.05, 3.63) is 208 Å². The standard InChI is InChI=1S/C68H57NO2/c1-38-23-25-39(26-24-38)69(40-27-29-43-47-35-55-49(37-54(47)67(7,8)52(43)33-40)61-51(66(55,5)6)31-32-59-62(61)45-18-12-15-21-57(45)70-59)41-28-30-44-53(34-41)68(9,10)56-36-48(42-17-11-14-20-50(42)65(2,3)4)64-63(60(44)56)46-19-13-16-22-58(46)71-64/h11-37H,1-10H3. The lowest BCUT2D eigenvalue weighted by atomic mass is 9.78. The van der Waals surface area contributed by atoms with Gasteiger partial charge in [0.05, 0.1) is 0 Å². The average Bonchev–Trinajstić information content (AvgIpc) is 4.10. The maximum atomic E-state index is 6.94. The second-order valence-corrected chi connectivity index (χ2v) is 23.4. The minimum atomic E-state index is -0.305. The summed E-state index contributed by atoms with van der Waals surface area (Å²) < 4.78 is 13.4. The maximum absolute atomic E-state index is 6.94. The van der Waals surface area contributed by atoms with Crippen LogP contribution in [0.2, 0.25) is 0 Å². The third-order valence-electron chi connectivity index (χ3n) is 17.1. The van der Waals surface area contributed by atoms with Gasteiger partial charge in [-0.25, -0.2) is 0 Å². The first-order valence-corrected chi connectivity index (χ1v) is 25.4. The van der Waals surface area contributed by atoms with E-state index in [0.717, 1.165) is 50.3 Å². The fraction of sp³-hybridized carbons (Fsp3) is 0.206. The molecule has 2 heterocycles. The summed E-state index contributed by atoms with van der Waals surface area (Å²) in [7, 11) is 0. The Morgan fingerprint density at radius 2 is 0.901 bits per heavy atom. The van der Waals surface area contributed by atoms with Crippen LogP contribution >= 0.6 is 0 Å². The minimum Gasteiger partial charge on any atom is -0.456 e. The molecule has 9 aromatic carbocycles. The Labute approximate surface area is 416 Å². The summed E-state index contributed by atoms with van der Waals surface area (Å²) in [6.07, 6.45) is 0. The summed E-state index contributed by atoms with van der Waals surface area (Å²) in [6.45, 7) is 23.5. The van der Waals surface area contributed by atoms with E-state index < -0.39 is 0 Å². The van der Waals surface area contributed by atoms with Crippen molar-refractivity contribution in [1.29, 1.82) is 0 Å². The number of hydrogen-bond acceptors (Lipinski definition) is 3. The molecule has 0 amide bonds. The molecule has 2 aromatic heterocycles. The van der Waals surface area contributed by atoms with E-state index in [2.05, 4.69) is 238 Å². The van der Waals surface area contributed by atoms with Crippen molar-refractivity contribution in [3.8, 4) is 44.5 Å². The van der Waals surface area contributed by atoms with Crippen LogP contribution in [0.15, 0.2) is 173 Å². The summed E-state index contributed by atoms with van der Waals surface area (Å²) in [5.41, 5.74) is 27.3. The summed E-state index contributed by atoms with van der Waals surface area (Å²) in [5, 5.41) is 4.77. The van der Waals surface area contributed by atoms with Gasteiger partial charge in [-0.2, -0.15) is 0 Å². The maximum Gasteiger partial charge on any atom is 0.143 e. The van der Waals surface area contributed by atoms with Crippen LogP contribution in [0.3, 0.4) is 0 Å². The summed E-state index contributed by atoms with van der Waals surface area (Å²) in [4.78, 5) is 2.48. The lowest BCUT2D eigenvalue weighted by molar-refractivity contribution is 0.591. The Hall–Kier alpha value is -7.62. The number of para-hydroxylation sites is 2. The fourth-order valence-electron chi connectivity index (χ4n) is 13.3. The lowest BCUT2D eigenvalue weighted by Crippen LogP contribution is -2.18. The number of hydrogen-bond donors (Lipinski definition) is 0. The van der Waals surface area contributed by atoms with E-state index in [1.54, 1.807) is 0 Å². The molecule has 0 spiro atoms. The Morgan fingerprint density at radius 3 is 1.62 bits per heavy atom. The van der Waals surface area contributed by atoms with Crippen molar-refractivity contribution in [1.82, 2.24) is 0 Å². The fourth-order valence-corrected chi connectivity index (χ4v) is 13.3. The van der Waals surface area contributed by atoms with Crippen molar-refractivity contribution in [3.63, 3.8) is 0 Å². The molecule has 0 radical (unpaired) electrons. The van der Waals surface area contributed by atoms with E-state index in [0.29, 0.717) is 0 Å². The molecule has 0 saturated carbocycles. The van der Waals surface area contributed by atoms with Gasteiger partial charge in [-0.3, -0.25) is 0 Å². The van der Waals surface area contributed by atoms with Gasteiger partial charge in [0.2, 0.25) is 0 Å². The smallest absolute Gasteiger partial charge is 0.143 e. The van der Waals surface area contributed by atoms with Crippen molar-refractivity contribution in [2.24, 2.45) is 0 Å². The van der Waals surface area contributed by atoms with Gasteiger partial charge in [0.1, 0.15) is 22.3 Å². The van der Waals surface area contributed by atoms with Crippen molar-refractivity contribution < 1.29 is 8.83 Å². The molecule has 3 aliphatic rings. The summed E-state index contributed by atoms with van der Waals surface area (Å²) in [5.74, 6) is 0. The number of benzene rings is 9. The molecule has 0 bridgehead atoms. The molecule has 0 fully saturated rings. The van der Waals surface area contributed by atoms with E-state index in [1.165, 1.54) is 99.6 Å². The predicted molar refractivity (Wildman–Crippen MR) is 297 cm³/mol. The van der Waals surface area contributed by atoms with Crippen LogP contribution in [0.25, 0.3) is 88.4 Å². The molecular formula is C68H57NO2. The van der Waals surface area contributed by atoms with Gasteiger partial charge in [-0.05, 0) is 163 Å². The first-order valence-electron chi connectivity index (χ1n) is 25.4. The van der Waals surface area contributed by atoms with E-state index in [-0.39, 0.29) is 21.7 Å². The highest BCUT2D eigenvalue weighted by molar-refractivity contribution is 6.19. The molecule has 11 aromatic rings. The lowest BCUT2D eigenvalue weighted by Gasteiger charge is -2.30. The quantitative estimate of drug-likeness (QED) is 0.176. The first-order chi connectivity index (χ1) is 34.0. The highest BCUT2D eigenvalue weighted by Crippen LogP contribution is 2.60. The number of rotatable bonds is 4. The highest BCUT2D eigenvalue weighted by Gasteiger charge is 2.44. The van der Waals surface area contributed by atoms with Crippen LogP contribution in [-0.4, -0.2) is 0 Å². The van der Waals surface area contributed by atoms with Crippen LogP contribution in [-0.2, 0) is 21.7 Å². The minimum absolute atomic E-state index is 0.0527. The Kier molecular flexibility index (Phi) is 8.36. The summed E-state index contributed by atoms with van der Waals surface area (Å²) >= 11 is 0. The van der Waals surface area contributed by atoms with Gasteiger partial charge in [-0.1, -0.05) is 159 Å². The van der Waals surface area contributed by atoms with E-state index >= 15 is 0 Å². The highest BCUT2D eigenvalue weighted by atomic mass is 16.3. The number of fused-ring (bicyclic) bond motifs is 17. The third-order valence-corrected chi connectivity index (χ3v) is 17.1. The number of furan rings is 2. The van der Waals surface area contributed by atoms with Crippen LogP contribution in [0.5, 0.6) is 0 Å². The van der Waals surface area contributed by atoms with Gasteiger partial charge in [0, 0.05) is 60.4 Å². The molecule has 3 heteroatoms. The zero-order chi connectivity index (χ0) is 48.7. The number of nitrogens with zero attached hydrogens (tertiary/aromatic N) is 1. The topological polar surface area (TPSA) is 29.5 Å². The molecule has 71 heavy (non-hydrogen) atoms. The van der Waals surface area contributed by atoms with Gasteiger partial charge in [0.25, 0.3) is 0 Å². The molecular weight excluding hydrogens is 863 g/mol. The van der Waals surface area contributed by atoms with Crippen molar-refractivity contribution in [2.45, 2.75) is 90.9 Å². The molecule has 0 atom stereocenters. The Balaban J connectivity index is 0.931. The summed E-state index contributed by atoms with van der Waals surface area (Å²) in [6, 6.07) is 61.5. The third kappa shape index (κ3) is 5.66. The van der Waals surface area contributed by atoms with E-state index in [1.807, 2.05) is 0 Å². The first kappa shape index (κ1) is 42.3. The average molecular weight is 920 g/mol. The van der Waals surface area contributed by atoms with Gasteiger partial charge in [0.15, 0.2) is 0 Å². The second-order valence-electron chi connectivity index (χ2n) is 23.4. The zero-order valence-electron chi connectivity index (χ0n) is 42.4. The monoisotopic (exact) mass is 919 g/mol. The van der Waals surface area contributed by atoms with Crippen LogP contribution in [0.4, 0.5) is 17.1 Å². The molecule has 0 aliphatic heterocycles. The van der Waals surface area contributed by atoms with Gasteiger partial charge in [-0.15, -0.1) is 0 Å². The SMILES string of the molecule is Cc1ccc(N(c2ccc3c(c2)C(C)(C)c2cc4c(cc2-3)C(C)(C)c2ccc3oc5ccccc5c3c2-4)c2ccc3c(c2)C(C)(C)c2cc(-c4ccccc4C(C)(C)C)c4oc5ccccc5c4c2-3)cc1. The predicted octanol–water partition coefficient (Wildman–Crippen LogP) is 19.1. The van der Waals surface area contributed by atoms with Crippen LogP contribution in [0.1, 0.15) is 107 Å². The molecule has 346 valence electrons. The Bertz CT molecular complexity index is 4120. The normalized spacial score (nSPS) is 15.5. The molecule has 3 nitrogen and oxygen atoms in total. The van der Waals surface area contributed by atoms with Crippen molar-refractivity contribution >= 4 is 60.9 Å². The van der Waals surface area contributed by atoms with E-state index in [9.17, 15) is 0 Å². The van der Waals surface area contributed by atoms with Gasteiger partial charge >= 0.3 is 0 Å². The number of anilines is 3. The number of aryl methyl sites for hydroxylation is 1. The molecule has 0 N–H and O–H groups in total. The zero-order valence-corrected chi connectivity index (χ0v) is 42.4. The largest absolute Gasteiger partial charge is 0.456 e. The van der Waals surface area contributed by atoms with Crippen LogP contribution < -0.4 is 4.90 Å². The molecule has 0 unspecified atom stereocenters. The van der Waals surface area contributed by atoms with Crippen molar-refractivity contribution in [2.75, 3.05) is 4.90 Å². The second kappa shape index (κ2) is 14.0. The molecule has 14 rings (SSSR count). The molecule has 0 saturated heterocycles. The van der Waals surface area contributed by atoms with Crippen LogP contribution in [0, 0.1) is 6.92 Å². The van der Waals surface area contributed by atoms with Gasteiger partial charge < -0.3 is 13.7 Å².